The number of piperidine rings is 1. The van der Waals surface area contributed by atoms with Gasteiger partial charge in [0.05, 0.1) is 17.5 Å². The molecule has 2 aromatic carbocycles. The topological polar surface area (TPSA) is 91.4 Å². The summed E-state index contributed by atoms with van der Waals surface area (Å²) in [4.78, 5) is 21.9. The zero-order chi connectivity index (χ0) is 39.4. The molecule has 7 aliphatic rings. The Morgan fingerprint density at radius 3 is 2.65 bits per heavy atom. The van der Waals surface area contributed by atoms with Crippen molar-refractivity contribution in [2.45, 2.75) is 113 Å². The minimum absolute atomic E-state index is 0.169. The molecule has 2 saturated heterocycles. The molecule has 7 atom stereocenters. The first-order valence-corrected chi connectivity index (χ1v) is 24.0. The molecule has 4 fully saturated rings. The molecule has 2 bridgehead atoms. The van der Waals surface area contributed by atoms with Crippen LogP contribution in [0.2, 0.25) is 5.02 Å². The third kappa shape index (κ3) is 7.80. The highest BCUT2D eigenvalue weighted by molar-refractivity contribution is 7.90. The number of allylic oxidation sites excluding steroid dienone is 1. The molecule has 3 aliphatic carbocycles. The maximum absolute atomic E-state index is 14.3. The second kappa shape index (κ2) is 16.1. The van der Waals surface area contributed by atoms with E-state index in [4.69, 9.17) is 21.1 Å². The predicted molar refractivity (Wildman–Crippen MR) is 227 cm³/mol. The van der Waals surface area contributed by atoms with Crippen LogP contribution in [0.25, 0.3) is 0 Å². The summed E-state index contributed by atoms with van der Waals surface area (Å²) in [5.74, 6) is 1.02. The van der Waals surface area contributed by atoms with E-state index >= 15 is 0 Å². The molecule has 310 valence electrons. The molecule has 4 aliphatic heterocycles. The zero-order valence-electron chi connectivity index (χ0n) is 34.1. The van der Waals surface area contributed by atoms with E-state index in [0.29, 0.717) is 42.9 Å². The maximum Gasteiger partial charge on any atom is 0.264 e. The first-order chi connectivity index (χ1) is 27.5. The number of fused-ring (bicyclic) bond motifs is 5. The molecule has 4 heterocycles. The smallest absolute Gasteiger partial charge is 0.264 e. The number of halogens is 1. The third-order valence-electron chi connectivity index (χ3n) is 15.5. The molecule has 2 saturated carbocycles. The Bertz CT molecular complexity index is 1960. The number of benzene rings is 2. The Kier molecular flexibility index (Phi) is 11.2. The van der Waals surface area contributed by atoms with Crippen molar-refractivity contribution in [3.05, 3.63) is 70.3 Å². The number of sulfonamides is 1. The van der Waals surface area contributed by atoms with Crippen LogP contribution in [-0.2, 0) is 26.6 Å². The van der Waals surface area contributed by atoms with Gasteiger partial charge in [0, 0.05) is 68.4 Å². The Hall–Kier alpha value is -2.63. The largest absolute Gasteiger partial charge is 0.490 e. The molecular weight excluding hydrogens is 756 g/mol. The number of methoxy groups -OCH3 is 1. The highest BCUT2D eigenvalue weighted by atomic mass is 35.5. The first-order valence-electron chi connectivity index (χ1n) is 22.1. The Labute approximate surface area is 345 Å². The van der Waals surface area contributed by atoms with Crippen molar-refractivity contribution < 1.29 is 22.7 Å². The monoisotopic (exact) mass is 818 g/mol. The molecule has 11 heteroatoms. The average Bonchev–Trinajstić information content (AvgIpc) is 3.31. The highest BCUT2D eigenvalue weighted by Crippen LogP contribution is 2.49. The van der Waals surface area contributed by atoms with Gasteiger partial charge in [0.2, 0.25) is 10.0 Å². The number of rotatable bonds is 5. The summed E-state index contributed by atoms with van der Waals surface area (Å²) in [6.07, 6.45) is 18.1. The molecule has 9 rings (SSSR count). The van der Waals surface area contributed by atoms with Crippen LogP contribution in [0, 0.1) is 23.7 Å². The predicted octanol–water partition coefficient (Wildman–Crippen LogP) is 7.61. The number of nitrogens with one attached hydrogen (secondary N) is 1. The van der Waals surface area contributed by atoms with Crippen molar-refractivity contribution in [2.24, 2.45) is 23.7 Å². The number of ether oxygens (including phenoxy) is 2. The summed E-state index contributed by atoms with van der Waals surface area (Å²) < 4.78 is 44.8. The van der Waals surface area contributed by atoms with Crippen LogP contribution in [0.4, 0.5) is 5.69 Å². The van der Waals surface area contributed by atoms with E-state index in [0.717, 1.165) is 107 Å². The van der Waals surface area contributed by atoms with Gasteiger partial charge in [-0.05, 0) is 129 Å². The van der Waals surface area contributed by atoms with E-state index in [1.54, 1.807) is 6.07 Å². The van der Waals surface area contributed by atoms with Crippen LogP contribution < -0.4 is 14.4 Å². The summed E-state index contributed by atoms with van der Waals surface area (Å²) in [6, 6.07) is 12.5. The van der Waals surface area contributed by atoms with Crippen LogP contribution in [0.5, 0.6) is 5.75 Å². The lowest BCUT2D eigenvalue weighted by Crippen LogP contribution is -2.61. The fourth-order valence-electron chi connectivity index (χ4n) is 11.9. The summed E-state index contributed by atoms with van der Waals surface area (Å²) in [7, 11) is -2.08. The van der Waals surface area contributed by atoms with Crippen molar-refractivity contribution in [3.8, 4) is 5.75 Å². The molecule has 0 aromatic heterocycles. The molecule has 2 aromatic rings. The highest BCUT2D eigenvalue weighted by Gasteiger charge is 2.50. The number of nitrogens with zero attached hydrogens (tertiary/aromatic N) is 3. The lowest BCUT2D eigenvalue weighted by molar-refractivity contribution is -0.100. The number of piperazine rings is 1. The van der Waals surface area contributed by atoms with E-state index in [1.165, 1.54) is 36.9 Å². The average molecular weight is 820 g/mol. The normalized spacial score (nSPS) is 35.3. The number of carbonyl (C=O) groups is 1. The molecule has 0 radical (unpaired) electrons. The van der Waals surface area contributed by atoms with E-state index < -0.39 is 26.8 Å². The quantitative estimate of drug-likeness (QED) is 0.309. The van der Waals surface area contributed by atoms with Gasteiger partial charge in [-0.1, -0.05) is 62.4 Å². The van der Waals surface area contributed by atoms with Crippen LogP contribution >= 0.6 is 11.6 Å². The second-order valence-corrected chi connectivity index (χ2v) is 21.3. The zero-order valence-corrected chi connectivity index (χ0v) is 35.7. The van der Waals surface area contributed by atoms with Crippen molar-refractivity contribution in [3.63, 3.8) is 0 Å². The van der Waals surface area contributed by atoms with E-state index in [2.05, 4.69) is 43.7 Å². The second-order valence-electron chi connectivity index (χ2n) is 19.0. The number of hydrogen-bond donors (Lipinski definition) is 1. The number of carbonyl (C=O) groups excluding carboxylic acids is 1. The summed E-state index contributed by atoms with van der Waals surface area (Å²) in [5.41, 5.74) is 3.03. The summed E-state index contributed by atoms with van der Waals surface area (Å²) in [5, 5.41) is 0.0900. The van der Waals surface area contributed by atoms with Gasteiger partial charge in [0.15, 0.2) is 0 Å². The third-order valence-corrected chi connectivity index (χ3v) is 17.7. The molecule has 1 N–H and O–H groups in total. The fourth-order valence-corrected chi connectivity index (χ4v) is 13.9. The van der Waals surface area contributed by atoms with Gasteiger partial charge >= 0.3 is 0 Å². The molecule has 1 amide bonds. The van der Waals surface area contributed by atoms with Gasteiger partial charge in [0.1, 0.15) is 11.4 Å². The Morgan fingerprint density at radius 2 is 1.86 bits per heavy atom. The van der Waals surface area contributed by atoms with Gasteiger partial charge in [-0.15, -0.1) is 0 Å². The number of hydrogen-bond acceptors (Lipinski definition) is 8. The minimum Gasteiger partial charge on any atom is -0.490 e. The van der Waals surface area contributed by atoms with E-state index in [1.807, 2.05) is 32.2 Å². The van der Waals surface area contributed by atoms with Crippen LogP contribution in [0.1, 0.15) is 105 Å². The molecule has 9 nitrogen and oxygen atoms in total. The van der Waals surface area contributed by atoms with Crippen molar-refractivity contribution >= 4 is 33.2 Å². The molecule has 0 unspecified atom stereocenters. The van der Waals surface area contributed by atoms with Crippen molar-refractivity contribution in [1.29, 1.82) is 0 Å². The minimum atomic E-state index is -3.98. The maximum atomic E-state index is 14.3. The van der Waals surface area contributed by atoms with E-state index in [9.17, 15) is 13.2 Å². The molecule has 57 heavy (non-hydrogen) atoms. The Morgan fingerprint density at radius 1 is 0.982 bits per heavy atom. The number of amides is 1. The lowest BCUT2D eigenvalue weighted by atomic mass is 9.63. The molecular formula is C46H63ClN4O5S. The summed E-state index contributed by atoms with van der Waals surface area (Å²) >= 11 is 6.55. The van der Waals surface area contributed by atoms with Crippen molar-refractivity contribution in [2.75, 3.05) is 64.4 Å². The Balaban J connectivity index is 1.11. The molecule has 1 spiro atoms. The van der Waals surface area contributed by atoms with Gasteiger partial charge in [0.25, 0.3) is 5.91 Å². The van der Waals surface area contributed by atoms with Crippen LogP contribution in [0.3, 0.4) is 0 Å². The van der Waals surface area contributed by atoms with Gasteiger partial charge < -0.3 is 14.4 Å². The summed E-state index contributed by atoms with van der Waals surface area (Å²) in [6.45, 7) is 9.37. The lowest BCUT2D eigenvalue weighted by Gasteiger charge is -2.53. The van der Waals surface area contributed by atoms with Crippen LogP contribution in [0.15, 0.2) is 48.6 Å². The van der Waals surface area contributed by atoms with E-state index in [-0.39, 0.29) is 17.3 Å². The standard InChI is InChI=1S/C46H63ClN4O5S/c1-32-8-6-20-46(55-2,30-49-22-23-50-21-4-3-12-38(50)28-49)40-16-13-36(40)27-51-29-45(19-7-11-34-25-37(47)15-17-39(34)45)31-56-42-18-14-35(26-41(42)51)44(52)48-57(53,54)43(32)24-33-9-5-10-33/h6,14-15,17-18,20,25-26,32-33,36,38,40,43H,3-5,7-13,16,19,21-24,27-31H2,1-2H3,(H,48,52)/b20-6+/t32-,36-,38+,40+,43+,45-,46-/m0/s1. The van der Waals surface area contributed by atoms with Gasteiger partial charge in [-0.2, -0.15) is 0 Å². The number of aryl methyl sites for hydroxylation is 1. The first kappa shape index (κ1) is 39.8. The van der Waals surface area contributed by atoms with Crippen molar-refractivity contribution in [1.82, 2.24) is 14.5 Å². The fraction of sp³-hybridized carbons (Fsp3) is 0.674. The van der Waals surface area contributed by atoms with Gasteiger partial charge in [-0.25, -0.2) is 13.1 Å². The van der Waals surface area contributed by atoms with Gasteiger partial charge in [-0.3, -0.25) is 14.6 Å². The number of anilines is 1. The SMILES string of the molecule is CO[C@]1(CN2CCN3CCCC[C@@H]3C2)/C=C/C[C@H](C)[C@@H](CC2CCC2)S(=O)(=O)NC(=O)c2ccc3c(c2)N(C[C@@H]2CC[C@H]21)C[C@@]1(CCCc2cc(Cl)ccc21)CO3. The van der Waals surface area contributed by atoms with Crippen LogP contribution in [-0.4, -0.2) is 101 Å².